The van der Waals surface area contributed by atoms with Crippen LogP contribution in [0.15, 0.2) is 53.3 Å². The van der Waals surface area contributed by atoms with Crippen LogP contribution in [0, 0.1) is 19.7 Å². The van der Waals surface area contributed by atoms with Crippen LogP contribution >= 0.6 is 11.6 Å². The molecule has 0 amide bonds. The highest BCUT2D eigenvalue weighted by molar-refractivity contribution is 6.67. The van der Waals surface area contributed by atoms with Crippen LogP contribution in [0.5, 0.6) is 0 Å². The Labute approximate surface area is 148 Å². The summed E-state index contributed by atoms with van der Waals surface area (Å²) in [7, 11) is 0. The van der Waals surface area contributed by atoms with Gasteiger partial charge in [0.15, 0.2) is 0 Å². The van der Waals surface area contributed by atoms with Crippen LogP contribution in [0.1, 0.15) is 21.5 Å². The van der Waals surface area contributed by atoms with E-state index in [4.69, 9.17) is 11.6 Å². The van der Waals surface area contributed by atoms with Gasteiger partial charge in [-0.15, -0.1) is 0 Å². The molecule has 0 bridgehead atoms. The van der Waals surface area contributed by atoms with Crippen LogP contribution in [-0.2, 0) is 0 Å². The van der Waals surface area contributed by atoms with E-state index in [2.05, 4.69) is 5.10 Å². The van der Waals surface area contributed by atoms with Crippen LogP contribution < -0.4 is 5.56 Å². The Morgan fingerprint density at radius 1 is 1.08 bits per heavy atom. The predicted molar refractivity (Wildman–Crippen MR) is 94.9 cm³/mol. The number of aryl methyl sites for hydroxylation is 2. The monoisotopic (exact) mass is 356 g/mol. The summed E-state index contributed by atoms with van der Waals surface area (Å²) in [6, 6.07) is 12.4. The Hall–Kier alpha value is -2.79. The molecule has 0 aliphatic rings. The topological polar surface area (TPSA) is 52.0 Å². The molecule has 3 rings (SSSR count). The Bertz CT molecular complexity index is 1040. The maximum atomic E-state index is 13.5. The third kappa shape index (κ3) is 3.37. The fraction of sp³-hybridized carbons (Fsp3) is 0.105. The normalized spacial score (nSPS) is 10.7. The summed E-state index contributed by atoms with van der Waals surface area (Å²) in [6.07, 6.45) is 0. The summed E-state index contributed by atoms with van der Waals surface area (Å²) in [5.41, 5.74) is 2.59. The third-order valence-corrected chi connectivity index (χ3v) is 4.18. The molecule has 1 aromatic heterocycles. The average molecular weight is 357 g/mol. The van der Waals surface area contributed by atoms with Crippen molar-refractivity contribution in [2.24, 2.45) is 0 Å². The number of hydrogen-bond donors (Lipinski definition) is 0. The van der Waals surface area contributed by atoms with Gasteiger partial charge in [0.05, 0.1) is 11.4 Å². The molecule has 0 aliphatic heterocycles. The molecule has 3 aromatic rings. The molecule has 0 spiro atoms. The van der Waals surface area contributed by atoms with Crippen molar-refractivity contribution in [3.63, 3.8) is 0 Å². The molecule has 0 saturated heterocycles. The maximum Gasteiger partial charge on any atom is 0.283 e. The second-order valence-corrected chi connectivity index (χ2v) is 6.06. The first kappa shape index (κ1) is 17.0. The van der Waals surface area contributed by atoms with Crippen molar-refractivity contribution in [2.45, 2.75) is 13.8 Å². The number of hydrogen-bond acceptors (Lipinski definition) is 3. The van der Waals surface area contributed by atoms with Gasteiger partial charge in [-0.05, 0) is 66.9 Å². The smallest absolute Gasteiger partial charge is 0.275 e. The van der Waals surface area contributed by atoms with Crippen molar-refractivity contribution in [1.29, 1.82) is 0 Å². The fourth-order valence-corrected chi connectivity index (χ4v) is 2.60. The molecule has 0 aliphatic carbocycles. The number of rotatable bonds is 3. The van der Waals surface area contributed by atoms with Crippen LogP contribution in [0.4, 0.5) is 4.39 Å². The van der Waals surface area contributed by atoms with Gasteiger partial charge in [0.1, 0.15) is 11.4 Å². The van der Waals surface area contributed by atoms with Gasteiger partial charge in [0.2, 0.25) is 0 Å². The van der Waals surface area contributed by atoms with Crippen molar-refractivity contribution >= 4 is 16.8 Å². The van der Waals surface area contributed by atoms with Gasteiger partial charge in [-0.25, -0.2) is 4.39 Å². The Balaban J connectivity index is 2.29. The maximum absolute atomic E-state index is 13.5. The molecule has 0 fully saturated rings. The van der Waals surface area contributed by atoms with Crippen molar-refractivity contribution < 1.29 is 9.18 Å². The first-order valence-corrected chi connectivity index (χ1v) is 7.92. The van der Waals surface area contributed by atoms with E-state index in [9.17, 15) is 14.0 Å². The molecule has 6 heteroatoms. The summed E-state index contributed by atoms with van der Waals surface area (Å²) in [5, 5.41) is 3.41. The van der Waals surface area contributed by atoms with Crippen LogP contribution in [-0.4, -0.2) is 15.0 Å². The zero-order valence-electron chi connectivity index (χ0n) is 13.6. The molecule has 0 N–H and O–H groups in total. The molecular weight excluding hydrogens is 343 g/mol. The average Bonchev–Trinajstić information content (AvgIpc) is 2.57. The molecular formula is C19H14ClFN2O2. The highest BCUT2D eigenvalue weighted by atomic mass is 35.5. The van der Waals surface area contributed by atoms with Crippen LogP contribution in [0.2, 0.25) is 0 Å². The summed E-state index contributed by atoms with van der Waals surface area (Å²) < 4.78 is 14.5. The minimum absolute atomic E-state index is 0.214. The van der Waals surface area contributed by atoms with Gasteiger partial charge in [-0.3, -0.25) is 9.59 Å². The second kappa shape index (κ2) is 6.61. The van der Waals surface area contributed by atoms with Gasteiger partial charge >= 0.3 is 0 Å². The lowest BCUT2D eigenvalue weighted by atomic mass is 10.0. The lowest BCUT2D eigenvalue weighted by Gasteiger charge is -2.10. The second-order valence-electron chi connectivity index (χ2n) is 5.71. The van der Waals surface area contributed by atoms with E-state index in [0.29, 0.717) is 5.69 Å². The van der Waals surface area contributed by atoms with E-state index in [0.717, 1.165) is 21.4 Å². The number of carbonyl (C=O) groups is 1. The van der Waals surface area contributed by atoms with Crippen molar-refractivity contribution in [1.82, 2.24) is 9.78 Å². The predicted octanol–water partition coefficient (Wildman–Crippen LogP) is 4.03. The van der Waals surface area contributed by atoms with E-state index in [1.54, 1.807) is 0 Å². The first-order valence-electron chi connectivity index (χ1n) is 7.54. The van der Waals surface area contributed by atoms with Crippen molar-refractivity contribution in [2.75, 3.05) is 0 Å². The minimum Gasteiger partial charge on any atom is -0.275 e. The Morgan fingerprint density at radius 2 is 1.84 bits per heavy atom. The molecule has 0 radical (unpaired) electrons. The quantitative estimate of drug-likeness (QED) is 0.666. The number of nitrogens with zero attached hydrogens (tertiary/aromatic N) is 2. The van der Waals surface area contributed by atoms with E-state index in [-0.39, 0.29) is 11.3 Å². The molecule has 4 nitrogen and oxygen atoms in total. The summed E-state index contributed by atoms with van der Waals surface area (Å²) in [5.74, 6) is -0.512. The molecule has 126 valence electrons. The molecule has 1 heterocycles. The lowest BCUT2D eigenvalue weighted by Crippen LogP contribution is -2.26. The van der Waals surface area contributed by atoms with Gasteiger partial charge < -0.3 is 0 Å². The van der Waals surface area contributed by atoms with E-state index < -0.39 is 16.6 Å². The summed E-state index contributed by atoms with van der Waals surface area (Å²) in [4.78, 5) is 24.2. The van der Waals surface area contributed by atoms with E-state index in [1.807, 2.05) is 32.0 Å². The zero-order chi connectivity index (χ0) is 18.1. The highest BCUT2D eigenvalue weighted by Crippen LogP contribution is 2.21. The summed E-state index contributed by atoms with van der Waals surface area (Å²) in [6.45, 7) is 3.93. The molecule has 25 heavy (non-hydrogen) atoms. The Morgan fingerprint density at radius 3 is 2.48 bits per heavy atom. The fourth-order valence-electron chi connectivity index (χ4n) is 2.46. The van der Waals surface area contributed by atoms with Gasteiger partial charge in [0, 0.05) is 5.56 Å². The van der Waals surface area contributed by atoms with Gasteiger partial charge in [-0.1, -0.05) is 18.2 Å². The molecule has 0 atom stereocenters. The minimum atomic E-state index is -0.886. The first-order chi connectivity index (χ1) is 11.9. The zero-order valence-corrected chi connectivity index (χ0v) is 14.3. The standard InChI is InChI=1S/C19H14ClFN2O2/c1-11-6-7-13(8-12(11)2)17-10-16(18(20)24)19(25)23(22-17)15-5-3-4-14(21)9-15/h3-10H,1-2H3. The van der Waals surface area contributed by atoms with Crippen LogP contribution in [0.25, 0.3) is 16.9 Å². The van der Waals surface area contributed by atoms with Gasteiger partial charge in [-0.2, -0.15) is 9.78 Å². The van der Waals surface area contributed by atoms with Crippen molar-refractivity contribution in [3.8, 4) is 16.9 Å². The SMILES string of the molecule is Cc1ccc(-c2cc(C(=O)Cl)c(=O)n(-c3cccc(F)c3)n2)cc1C. The Kier molecular flexibility index (Phi) is 4.51. The van der Waals surface area contributed by atoms with E-state index in [1.165, 1.54) is 30.3 Å². The number of aromatic nitrogens is 2. The number of benzene rings is 2. The van der Waals surface area contributed by atoms with Crippen LogP contribution in [0.3, 0.4) is 0 Å². The van der Waals surface area contributed by atoms with Crippen molar-refractivity contribution in [3.05, 3.63) is 81.4 Å². The molecule has 0 saturated carbocycles. The van der Waals surface area contributed by atoms with Gasteiger partial charge in [0.25, 0.3) is 10.8 Å². The molecule has 0 unspecified atom stereocenters. The molecule has 2 aromatic carbocycles. The summed E-state index contributed by atoms with van der Waals surface area (Å²) >= 11 is 5.56. The third-order valence-electron chi connectivity index (χ3n) is 3.98. The number of halogens is 2. The highest BCUT2D eigenvalue weighted by Gasteiger charge is 2.16. The lowest BCUT2D eigenvalue weighted by molar-refractivity contribution is 0.107. The largest absolute Gasteiger partial charge is 0.283 e. The van der Waals surface area contributed by atoms with E-state index >= 15 is 0 Å². The number of carbonyl (C=O) groups excluding carboxylic acids is 1.